The maximum absolute atomic E-state index is 11.4. The summed E-state index contributed by atoms with van der Waals surface area (Å²) in [6.45, 7) is 5.17. The fourth-order valence-corrected chi connectivity index (χ4v) is 1.59. The number of imidazole rings is 1. The van der Waals surface area contributed by atoms with Crippen molar-refractivity contribution >= 4 is 5.97 Å². The number of rotatable bonds is 6. The molecule has 17 heavy (non-hydrogen) atoms. The van der Waals surface area contributed by atoms with Crippen LogP contribution in [0.4, 0.5) is 0 Å². The predicted molar refractivity (Wildman–Crippen MR) is 65.4 cm³/mol. The van der Waals surface area contributed by atoms with Gasteiger partial charge in [-0.25, -0.2) is 4.98 Å². The van der Waals surface area contributed by atoms with Crippen LogP contribution in [0.1, 0.15) is 26.1 Å². The Bertz CT molecular complexity index is 362. The van der Waals surface area contributed by atoms with Gasteiger partial charge in [-0.1, -0.05) is 6.92 Å². The van der Waals surface area contributed by atoms with Crippen molar-refractivity contribution in [3.05, 3.63) is 18.2 Å². The van der Waals surface area contributed by atoms with E-state index in [0.717, 1.165) is 12.2 Å². The highest BCUT2D eigenvalue weighted by atomic mass is 16.5. The molecule has 0 N–H and O–H groups in total. The van der Waals surface area contributed by atoms with Crippen LogP contribution in [0.2, 0.25) is 0 Å². The lowest BCUT2D eigenvalue weighted by Gasteiger charge is -2.26. The van der Waals surface area contributed by atoms with E-state index in [0.29, 0.717) is 19.1 Å². The molecule has 0 amide bonds. The zero-order valence-electron chi connectivity index (χ0n) is 11.0. The fraction of sp³-hybridized carbons (Fsp3) is 0.667. The first kappa shape index (κ1) is 13.7. The minimum absolute atomic E-state index is 0.209. The Labute approximate surface area is 102 Å². The number of esters is 1. The highest BCUT2D eigenvalue weighted by Crippen LogP contribution is 2.09. The molecule has 1 aromatic heterocycles. The monoisotopic (exact) mass is 239 g/mol. The average Bonchev–Trinajstić information content (AvgIpc) is 2.73. The third kappa shape index (κ3) is 3.85. The number of hydrogen-bond acceptors (Lipinski definition) is 4. The number of carbonyl (C=O) groups is 1. The van der Waals surface area contributed by atoms with Crippen molar-refractivity contribution in [2.45, 2.75) is 32.9 Å². The minimum Gasteiger partial charge on any atom is -0.468 e. The maximum atomic E-state index is 11.4. The summed E-state index contributed by atoms with van der Waals surface area (Å²) in [5, 5.41) is 0. The molecule has 0 saturated carbocycles. The van der Waals surface area contributed by atoms with E-state index < -0.39 is 0 Å². The van der Waals surface area contributed by atoms with Crippen LogP contribution in [0.25, 0.3) is 0 Å². The molecule has 0 saturated heterocycles. The maximum Gasteiger partial charge on any atom is 0.319 e. The Kier molecular flexibility index (Phi) is 5.15. The molecule has 0 spiro atoms. The van der Waals surface area contributed by atoms with Gasteiger partial charge in [-0.3, -0.25) is 9.69 Å². The Hall–Kier alpha value is -1.36. The highest BCUT2D eigenvalue weighted by molar-refractivity contribution is 5.71. The molecule has 0 radical (unpaired) electrons. The number of aryl methyl sites for hydroxylation is 1. The first-order valence-electron chi connectivity index (χ1n) is 5.85. The summed E-state index contributed by atoms with van der Waals surface area (Å²) >= 11 is 0. The van der Waals surface area contributed by atoms with Gasteiger partial charge in [0.15, 0.2) is 0 Å². The molecule has 1 atom stereocenters. The van der Waals surface area contributed by atoms with Crippen LogP contribution in [-0.2, 0) is 23.1 Å². The van der Waals surface area contributed by atoms with E-state index in [4.69, 9.17) is 4.74 Å². The number of methoxy groups -OCH3 is 1. The van der Waals surface area contributed by atoms with Gasteiger partial charge < -0.3 is 9.30 Å². The minimum atomic E-state index is -0.209. The van der Waals surface area contributed by atoms with Crippen LogP contribution >= 0.6 is 0 Å². The van der Waals surface area contributed by atoms with Gasteiger partial charge >= 0.3 is 5.97 Å². The van der Waals surface area contributed by atoms with Crippen molar-refractivity contribution in [2.24, 2.45) is 7.05 Å². The lowest BCUT2D eigenvalue weighted by Crippen LogP contribution is -2.37. The van der Waals surface area contributed by atoms with E-state index in [1.807, 2.05) is 17.8 Å². The van der Waals surface area contributed by atoms with Crippen LogP contribution in [0.3, 0.4) is 0 Å². The van der Waals surface area contributed by atoms with Gasteiger partial charge in [-0.05, 0) is 13.3 Å². The van der Waals surface area contributed by atoms with Gasteiger partial charge in [0.05, 0.1) is 20.2 Å². The average molecular weight is 239 g/mol. The second kappa shape index (κ2) is 6.39. The van der Waals surface area contributed by atoms with Crippen LogP contribution < -0.4 is 0 Å². The van der Waals surface area contributed by atoms with E-state index in [9.17, 15) is 4.79 Å². The number of nitrogens with zero attached hydrogens (tertiary/aromatic N) is 3. The summed E-state index contributed by atoms with van der Waals surface area (Å²) in [6.07, 6.45) is 4.66. The van der Waals surface area contributed by atoms with Crippen LogP contribution in [0, 0.1) is 0 Å². The number of carbonyl (C=O) groups excluding carboxylic acids is 1. The van der Waals surface area contributed by atoms with Gasteiger partial charge in [-0.2, -0.15) is 0 Å². The first-order valence-corrected chi connectivity index (χ1v) is 5.85. The molecular formula is C12H21N3O2. The molecule has 0 bridgehead atoms. The fourth-order valence-electron chi connectivity index (χ4n) is 1.59. The molecule has 0 aliphatic heterocycles. The van der Waals surface area contributed by atoms with Crippen molar-refractivity contribution in [1.82, 2.24) is 14.5 Å². The topological polar surface area (TPSA) is 47.4 Å². The number of aromatic nitrogens is 2. The second-order valence-electron chi connectivity index (χ2n) is 4.19. The summed E-state index contributed by atoms with van der Waals surface area (Å²) in [7, 11) is 3.37. The highest BCUT2D eigenvalue weighted by Gasteiger charge is 2.18. The zero-order chi connectivity index (χ0) is 12.8. The van der Waals surface area contributed by atoms with E-state index in [1.54, 1.807) is 6.20 Å². The normalized spacial score (nSPS) is 12.8. The summed E-state index contributed by atoms with van der Waals surface area (Å²) in [5.41, 5.74) is 0. The standard InChI is InChI=1S/C12H21N3O2/c1-5-10(2)15(9-12(16)17-4)8-11-13-6-7-14(11)3/h6-7,10H,5,8-9H2,1-4H3/t10-/m0/s1. The predicted octanol–water partition coefficient (Wildman–Crippen LogP) is 1.19. The summed E-state index contributed by atoms with van der Waals surface area (Å²) in [4.78, 5) is 17.7. The zero-order valence-corrected chi connectivity index (χ0v) is 11.0. The van der Waals surface area contributed by atoms with Crippen molar-refractivity contribution in [3.63, 3.8) is 0 Å². The Morgan fingerprint density at radius 2 is 2.35 bits per heavy atom. The molecule has 1 aromatic rings. The van der Waals surface area contributed by atoms with Crippen LogP contribution in [0.5, 0.6) is 0 Å². The van der Waals surface area contributed by atoms with Gasteiger partial charge in [0.2, 0.25) is 0 Å². The third-order valence-electron chi connectivity index (χ3n) is 3.04. The van der Waals surface area contributed by atoms with E-state index >= 15 is 0 Å². The van der Waals surface area contributed by atoms with E-state index in [1.165, 1.54) is 7.11 Å². The van der Waals surface area contributed by atoms with Crippen molar-refractivity contribution in [2.75, 3.05) is 13.7 Å². The van der Waals surface area contributed by atoms with Gasteiger partial charge in [-0.15, -0.1) is 0 Å². The molecular weight excluding hydrogens is 218 g/mol. The largest absolute Gasteiger partial charge is 0.468 e. The molecule has 1 heterocycles. The Balaban J connectivity index is 2.70. The van der Waals surface area contributed by atoms with Gasteiger partial charge in [0, 0.05) is 25.5 Å². The van der Waals surface area contributed by atoms with Crippen LogP contribution in [0.15, 0.2) is 12.4 Å². The number of ether oxygens (including phenoxy) is 1. The molecule has 96 valence electrons. The van der Waals surface area contributed by atoms with Crippen LogP contribution in [-0.4, -0.2) is 40.1 Å². The van der Waals surface area contributed by atoms with Crippen molar-refractivity contribution in [3.8, 4) is 0 Å². The lowest BCUT2D eigenvalue weighted by atomic mass is 10.2. The Morgan fingerprint density at radius 3 is 2.82 bits per heavy atom. The second-order valence-corrected chi connectivity index (χ2v) is 4.19. The van der Waals surface area contributed by atoms with Crippen molar-refractivity contribution < 1.29 is 9.53 Å². The van der Waals surface area contributed by atoms with E-state index in [-0.39, 0.29) is 5.97 Å². The first-order chi connectivity index (χ1) is 8.08. The summed E-state index contributed by atoms with van der Waals surface area (Å²) < 4.78 is 6.68. The molecule has 5 nitrogen and oxygen atoms in total. The lowest BCUT2D eigenvalue weighted by molar-refractivity contribution is -0.142. The summed E-state index contributed by atoms with van der Waals surface area (Å²) in [5.74, 6) is 0.744. The molecule has 0 unspecified atom stereocenters. The van der Waals surface area contributed by atoms with Crippen molar-refractivity contribution in [1.29, 1.82) is 0 Å². The SMILES string of the molecule is CC[C@H](C)N(CC(=O)OC)Cc1nccn1C. The Morgan fingerprint density at radius 1 is 1.65 bits per heavy atom. The van der Waals surface area contributed by atoms with E-state index in [2.05, 4.69) is 23.7 Å². The third-order valence-corrected chi connectivity index (χ3v) is 3.04. The van der Waals surface area contributed by atoms with Gasteiger partial charge in [0.25, 0.3) is 0 Å². The smallest absolute Gasteiger partial charge is 0.319 e. The number of hydrogen-bond donors (Lipinski definition) is 0. The summed E-state index contributed by atoms with van der Waals surface area (Å²) in [6, 6.07) is 0.325. The molecule has 5 heteroatoms. The molecule has 0 fully saturated rings. The molecule has 1 rings (SSSR count). The quantitative estimate of drug-likeness (QED) is 0.700. The molecule has 0 aromatic carbocycles. The molecule has 0 aliphatic carbocycles. The van der Waals surface area contributed by atoms with Gasteiger partial charge in [0.1, 0.15) is 5.82 Å². The molecule has 0 aliphatic rings.